The van der Waals surface area contributed by atoms with Crippen molar-refractivity contribution in [2.45, 2.75) is 31.1 Å². The van der Waals surface area contributed by atoms with Gasteiger partial charge in [0.1, 0.15) is 6.04 Å². The van der Waals surface area contributed by atoms with Crippen molar-refractivity contribution in [2.24, 2.45) is 0 Å². The van der Waals surface area contributed by atoms with Gasteiger partial charge in [-0.05, 0) is 19.4 Å². The summed E-state index contributed by atoms with van der Waals surface area (Å²) in [5.74, 6) is -4.26. The van der Waals surface area contributed by atoms with Crippen LogP contribution in [0.4, 0.5) is 0 Å². The number of aliphatic hydroxyl groups excluding tert-OH is 2. The molecule has 2 unspecified atom stereocenters. The number of carbonyl (C=O) groups is 3. The maximum absolute atomic E-state index is 10.1. The third-order valence-corrected chi connectivity index (χ3v) is 2.16. The van der Waals surface area contributed by atoms with Crippen LogP contribution in [0.2, 0.25) is 0 Å². The Balaban J connectivity index is 0.000000327. The normalized spacial score (nSPS) is 21.3. The summed E-state index contributed by atoms with van der Waals surface area (Å²) in [7, 11) is 0. The Bertz CT molecular complexity index is 294. The molecule has 1 aliphatic rings. The van der Waals surface area contributed by atoms with Gasteiger partial charge in [-0.2, -0.15) is 0 Å². The van der Waals surface area contributed by atoms with Crippen molar-refractivity contribution >= 4 is 17.9 Å². The molecule has 1 aliphatic heterocycles. The highest BCUT2D eigenvalue weighted by Gasteiger charge is 2.29. The van der Waals surface area contributed by atoms with Crippen molar-refractivity contribution < 1.29 is 39.9 Å². The molecule has 6 N–H and O–H groups in total. The average molecular weight is 265 g/mol. The van der Waals surface area contributed by atoms with E-state index in [9.17, 15) is 14.4 Å². The Kier molecular flexibility index (Phi) is 6.86. The Morgan fingerprint density at radius 3 is 1.61 bits per heavy atom. The van der Waals surface area contributed by atoms with E-state index < -0.39 is 30.1 Å². The summed E-state index contributed by atoms with van der Waals surface area (Å²) >= 11 is 0. The quantitative estimate of drug-likeness (QED) is 0.328. The van der Waals surface area contributed by atoms with E-state index in [1.807, 2.05) is 0 Å². The van der Waals surface area contributed by atoms with Crippen molar-refractivity contribution in [3.63, 3.8) is 0 Å². The Morgan fingerprint density at radius 2 is 1.44 bits per heavy atom. The number of hydrogen-bond donors (Lipinski definition) is 6. The SMILES string of the molecule is O=C(O)C(O)C(O)C(=O)O.O=C(O)[C@H]1CCCN1. The second-order valence-electron chi connectivity index (χ2n) is 3.55. The third-order valence-electron chi connectivity index (χ3n) is 2.16. The molecule has 0 spiro atoms. The van der Waals surface area contributed by atoms with Crippen LogP contribution in [0.15, 0.2) is 0 Å². The number of rotatable bonds is 4. The van der Waals surface area contributed by atoms with Gasteiger partial charge in [-0.3, -0.25) is 4.79 Å². The summed E-state index contributed by atoms with van der Waals surface area (Å²) < 4.78 is 0. The molecule has 0 aromatic rings. The molecule has 0 aromatic heterocycles. The van der Waals surface area contributed by atoms with Crippen LogP contribution in [0.3, 0.4) is 0 Å². The van der Waals surface area contributed by atoms with Crippen LogP contribution in [0.1, 0.15) is 12.8 Å². The van der Waals surface area contributed by atoms with E-state index in [2.05, 4.69) is 5.32 Å². The number of hydrogen-bond acceptors (Lipinski definition) is 6. The topological polar surface area (TPSA) is 164 Å². The molecule has 0 saturated carbocycles. The van der Waals surface area contributed by atoms with Crippen molar-refractivity contribution in [3.05, 3.63) is 0 Å². The minimum atomic E-state index is -2.27. The molecular weight excluding hydrogens is 250 g/mol. The van der Waals surface area contributed by atoms with E-state index >= 15 is 0 Å². The lowest BCUT2D eigenvalue weighted by atomic mass is 10.2. The minimum Gasteiger partial charge on any atom is -0.480 e. The van der Waals surface area contributed by atoms with E-state index in [4.69, 9.17) is 25.5 Å². The predicted octanol–water partition coefficient (Wildman–Crippen LogP) is -2.30. The number of carboxylic acids is 3. The van der Waals surface area contributed by atoms with Gasteiger partial charge in [-0.25, -0.2) is 9.59 Å². The molecule has 104 valence electrons. The highest BCUT2D eigenvalue weighted by molar-refractivity contribution is 5.83. The zero-order chi connectivity index (χ0) is 14.3. The zero-order valence-corrected chi connectivity index (χ0v) is 9.31. The third kappa shape index (κ3) is 5.57. The molecule has 3 atom stereocenters. The van der Waals surface area contributed by atoms with Gasteiger partial charge < -0.3 is 30.8 Å². The first-order valence-electron chi connectivity index (χ1n) is 5.05. The average Bonchev–Trinajstić information content (AvgIpc) is 2.81. The Hall–Kier alpha value is -1.71. The molecule has 9 nitrogen and oxygen atoms in total. The summed E-state index contributed by atoms with van der Waals surface area (Å²) in [6.45, 7) is 0.858. The molecule has 1 heterocycles. The van der Waals surface area contributed by atoms with Gasteiger partial charge in [0.25, 0.3) is 0 Å². The molecular formula is C9H15NO8. The van der Waals surface area contributed by atoms with Crippen molar-refractivity contribution in [3.8, 4) is 0 Å². The molecule has 0 bridgehead atoms. The molecule has 1 rings (SSSR count). The first-order valence-corrected chi connectivity index (χ1v) is 5.05. The van der Waals surface area contributed by atoms with E-state index in [1.54, 1.807) is 0 Å². The lowest BCUT2D eigenvalue weighted by molar-refractivity contribution is -0.165. The molecule has 1 fully saturated rings. The molecule has 0 aromatic carbocycles. The van der Waals surface area contributed by atoms with E-state index in [0.717, 1.165) is 19.4 Å². The summed E-state index contributed by atoms with van der Waals surface area (Å²) in [6.07, 6.45) is -2.75. The molecule has 9 heteroatoms. The first kappa shape index (κ1) is 16.3. The van der Waals surface area contributed by atoms with E-state index in [0.29, 0.717) is 0 Å². The van der Waals surface area contributed by atoms with Gasteiger partial charge >= 0.3 is 17.9 Å². The maximum atomic E-state index is 10.1. The maximum Gasteiger partial charge on any atom is 0.335 e. The molecule has 0 aliphatic carbocycles. The van der Waals surface area contributed by atoms with Gasteiger partial charge in [0.2, 0.25) is 0 Å². The fourth-order valence-corrected chi connectivity index (χ4v) is 1.17. The van der Waals surface area contributed by atoms with Crippen LogP contribution in [-0.2, 0) is 14.4 Å². The Morgan fingerprint density at radius 1 is 1.00 bits per heavy atom. The van der Waals surface area contributed by atoms with Crippen molar-refractivity contribution in [1.82, 2.24) is 5.32 Å². The molecule has 1 saturated heterocycles. The lowest BCUT2D eigenvalue weighted by Crippen LogP contribution is -2.39. The van der Waals surface area contributed by atoms with Gasteiger partial charge in [0, 0.05) is 0 Å². The van der Waals surface area contributed by atoms with E-state index in [-0.39, 0.29) is 6.04 Å². The Labute approximate surface area is 102 Å². The second-order valence-corrected chi connectivity index (χ2v) is 3.55. The van der Waals surface area contributed by atoms with Crippen LogP contribution in [-0.4, -0.2) is 68.2 Å². The summed E-state index contributed by atoms with van der Waals surface area (Å²) in [5, 5.41) is 43.7. The number of aliphatic carboxylic acids is 3. The monoisotopic (exact) mass is 265 g/mol. The largest absolute Gasteiger partial charge is 0.480 e. The number of aliphatic hydroxyl groups is 2. The molecule has 0 radical (unpaired) electrons. The number of carboxylic acid groups (broad SMARTS) is 3. The van der Waals surface area contributed by atoms with Crippen LogP contribution >= 0.6 is 0 Å². The van der Waals surface area contributed by atoms with Crippen molar-refractivity contribution in [2.75, 3.05) is 6.54 Å². The zero-order valence-electron chi connectivity index (χ0n) is 9.31. The van der Waals surface area contributed by atoms with Crippen LogP contribution < -0.4 is 5.32 Å². The second kappa shape index (κ2) is 7.58. The van der Waals surface area contributed by atoms with Crippen LogP contribution in [0.25, 0.3) is 0 Å². The van der Waals surface area contributed by atoms with Crippen LogP contribution in [0.5, 0.6) is 0 Å². The van der Waals surface area contributed by atoms with Gasteiger partial charge in [0.05, 0.1) is 0 Å². The van der Waals surface area contributed by atoms with Gasteiger partial charge in [-0.15, -0.1) is 0 Å². The first-order chi connectivity index (χ1) is 8.27. The summed E-state index contributed by atoms with van der Waals surface area (Å²) in [6, 6.07) is -0.269. The van der Waals surface area contributed by atoms with Gasteiger partial charge in [-0.1, -0.05) is 0 Å². The predicted molar refractivity (Wildman–Crippen MR) is 55.9 cm³/mol. The molecule has 18 heavy (non-hydrogen) atoms. The summed E-state index contributed by atoms with van der Waals surface area (Å²) in [4.78, 5) is 29.7. The standard InChI is InChI=1S/C5H9NO2.C4H6O6/c7-5(8)4-2-1-3-6-4;5-1(3(7)8)2(6)4(9)10/h4,6H,1-3H2,(H,7,8);1-2,5-6H,(H,7,8)(H,9,10)/t4-;/m1./s1. The fourth-order valence-electron chi connectivity index (χ4n) is 1.17. The van der Waals surface area contributed by atoms with Crippen molar-refractivity contribution in [1.29, 1.82) is 0 Å². The van der Waals surface area contributed by atoms with Gasteiger partial charge in [0.15, 0.2) is 12.2 Å². The highest BCUT2D eigenvalue weighted by atomic mass is 16.4. The molecule has 0 amide bonds. The minimum absolute atomic E-state index is 0.269. The summed E-state index contributed by atoms with van der Waals surface area (Å²) in [5.41, 5.74) is 0. The smallest absolute Gasteiger partial charge is 0.335 e. The number of nitrogens with one attached hydrogen (secondary N) is 1. The fraction of sp³-hybridized carbons (Fsp3) is 0.667. The van der Waals surface area contributed by atoms with Crippen LogP contribution in [0, 0.1) is 0 Å². The lowest BCUT2D eigenvalue weighted by Gasteiger charge is -2.07. The highest BCUT2D eigenvalue weighted by Crippen LogP contribution is 2.03. The van der Waals surface area contributed by atoms with E-state index in [1.165, 1.54) is 0 Å².